The molecule has 1 rings (SSSR count). The van der Waals surface area contributed by atoms with Crippen molar-refractivity contribution >= 4 is 10.1 Å². The van der Waals surface area contributed by atoms with E-state index in [1.165, 1.54) is 289 Å². The van der Waals surface area contributed by atoms with Gasteiger partial charge in [0.1, 0.15) is 10.1 Å². The van der Waals surface area contributed by atoms with Crippen LogP contribution in [0.5, 0.6) is 0 Å². The van der Waals surface area contributed by atoms with Gasteiger partial charge < -0.3 is 4.55 Å². The summed E-state index contributed by atoms with van der Waals surface area (Å²) in [5.74, 6) is 0. The number of hydrogen-bond acceptors (Lipinski definition) is 3. The van der Waals surface area contributed by atoms with Crippen molar-refractivity contribution < 1.29 is 42.5 Å². The maximum atomic E-state index is 11.4. The smallest absolute Gasteiger partial charge is 0.744 e. The minimum atomic E-state index is -4.37. The minimum absolute atomic E-state index is 0. The van der Waals surface area contributed by atoms with Crippen LogP contribution in [-0.4, -0.2) is 13.0 Å². The molecule has 0 aliphatic rings. The topological polar surface area (TPSA) is 57.2 Å². The Hall–Kier alpha value is 0.130. The second-order valence-electron chi connectivity index (χ2n) is 18.7. The summed E-state index contributed by atoms with van der Waals surface area (Å²) in [6.07, 6.45) is 66.3. The van der Waals surface area contributed by atoms with E-state index in [0.29, 0.717) is 12.0 Å². The Balaban J connectivity index is 0.0000336. The third-order valence-electron chi connectivity index (χ3n) is 13.0. The van der Waals surface area contributed by atoms with Crippen LogP contribution >= 0.6 is 0 Å². The van der Waals surface area contributed by atoms with Gasteiger partial charge in [-0.1, -0.05) is 314 Å². The fraction of sp³-hybridized carbons (Fsp3) is 0.889. The molecule has 0 bridgehead atoms. The van der Waals surface area contributed by atoms with Gasteiger partial charge in [-0.05, 0) is 24.5 Å². The molecule has 3 nitrogen and oxygen atoms in total. The number of aryl methyl sites for hydroxylation is 1. The van der Waals surface area contributed by atoms with E-state index in [1.54, 1.807) is 12.1 Å². The zero-order valence-corrected chi connectivity index (χ0v) is 43.0. The van der Waals surface area contributed by atoms with Crippen molar-refractivity contribution in [3.8, 4) is 0 Å². The molecule has 0 aliphatic carbocycles. The summed E-state index contributed by atoms with van der Waals surface area (Å²) in [5.41, 5.74) is 0.676. The predicted molar refractivity (Wildman–Crippen MR) is 256 cm³/mol. The molecular weight excluding hydrogens is 752 g/mol. The van der Waals surface area contributed by atoms with E-state index in [9.17, 15) is 13.0 Å². The molecule has 0 unspecified atom stereocenters. The molecule has 1 aromatic carbocycles. The molecule has 0 saturated carbocycles. The molecule has 1 aromatic rings. The van der Waals surface area contributed by atoms with Crippen LogP contribution < -0.4 is 29.6 Å². The number of benzene rings is 1. The van der Waals surface area contributed by atoms with Crippen molar-refractivity contribution in [1.29, 1.82) is 0 Å². The van der Waals surface area contributed by atoms with Crippen LogP contribution in [0.4, 0.5) is 0 Å². The molecule has 0 saturated heterocycles. The van der Waals surface area contributed by atoms with Gasteiger partial charge in [-0.25, -0.2) is 8.42 Å². The Morgan fingerprint density at radius 2 is 0.508 bits per heavy atom. The number of unbranched alkanes of at least 4 members (excludes halogenated alkanes) is 45. The van der Waals surface area contributed by atoms with Gasteiger partial charge in [0.25, 0.3) is 0 Å². The average Bonchev–Trinajstić information content (AvgIpc) is 3.22. The molecule has 0 atom stereocenters. The summed E-state index contributed by atoms with van der Waals surface area (Å²) in [5, 5.41) is 0. The monoisotopic (exact) mass is 853 g/mol. The second-order valence-corrected chi connectivity index (χ2v) is 20.1. The van der Waals surface area contributed by atoms with Crippen LogP contribution in [0.15, 0.2) is 29.2 Å². The molecule has 0 radical (unpaired) electrons. The molecule has 59 heavy (non-hydrogen) atoms. The van der Waals surface area contributed by atoms with Gasteiger partial charge >= 0.3 is 29.6 Å². The molecular formula is C54H101NaO3S. The van der Waals surface area contributed by atoms with Crippen LogP contribution in [-0.2, 0) is 16.5 Å². The molecule has 0 heterocycles. The van der Waals surface area contributed by atoms with Crippen LogP contribution in [0.2, 0.25) is 0 Å². The van der Waals surface area contributed by atoms with Crippen molar-refractivity contribution in [3.05, 3.63) is 29.8 Å². The Labute approximate surface area is 393 Å². The fourth-order valence-corrected chi connectivity index (χ4v) is 9.86. The van der Waals surface area contributed by atoms with Crippen molar-refractivity contribution in [3.63, 3.8) is 0 Å². The summed E-state index contributed by atoms with van der Waals surface area (Å²) >= 11 is 0. The zero-order valence-electron chi connectivity index (χ0n) is 40.2. The minimum Gasteiger partial charge on any atom is -0.744 e. The summed E-state index contributed by atoms with van der Waals surface area (Å²) in [6.45, 7) is 2.31. The van der Waals surface area contributed by atoms with E-state index < -0.39 is 10.1 Å². The van der Waals surface area contributed by atoms with E-state index in [4.69, 9.17) is 0 Å². The number of hydrogen-bond donors (Lipinski definition) is 0. The second kappa shape index (κ2) is 47.6. The first-order valence-corrected chi connectivity index (χ1v) is 28.0. The fourth-order valence-electron chi connectivity index (χ4n) is 9.12. The summed E-state index contributed by atoms with van der Waals surface area (Å²) in [4.78, 5) is -0.0395. The summed E-state index contributed by atoms with van der Waals surface area (Å²) in [6, 6.07) is 6.65. The van der Waals surface area contributed by atoms with Gasteiger partial charge in [0.15, 0.2) is 0 Å². The van der Waals surface area contributed by atoms with E-state index in [2.05, 4.69) is 6.92 Å². The Morgan fingerprint density at radius 1 is 0.322 bits per heavy atom. The van der Waals surface area contributed by atoms with Crippen LogP contribution in [0, 0.1) is 0 Å². The number of rotatable bonds is 48. The molecule has 342 valence electrons. The standard InChI is InChI=1S/C54H102O3S.Na/c1-2-3-4-5-6-7-8-9-10-11-12-13-14-15-16-17-18-19-20-21-22-23-24-25-26-27-28-29-30-31-32-33-34-35-36-37-38-39-40-41-42-43-44-45-46-47-50-53-51-48-49-52-54(53)58(55,56)57;/h48-49,51-52H,2-47,50H2,1H3,(H,55,56,57);/q;+1/p-1. The van der Waals surface area contributed by atoms with E-state index in [0.717, 1.165) is 12.8 Å². The summed E-state index contributed by atoms with van der Waals surface area (Å²) in [7, 11) is -4.37. The van der Waals surface area contributed by atoms with Gasteiger partial charge in [-0.2, -0.15) is 0 Å². The third kappa shape index (κ3) is 43.2. The van der Waals surface area contributed by atoms with Crippen LogP contribution in [0.3, 0.4) is 0 Å². The first-order valence-electron chi connectivity index (χ1n) is 26.6. The predicted octanol–water partition coefficient (Wildman–Crippen LogP) is 16.1. The molecule has 0 amide bonds. The van der Waals surface area contributed by atoms with E-state index in [-0.39, 0.29) is 34.5 Å². The molecule has 0 fully saturated rings. The first kappa shape index (κ1) is 59.1. The average molecular weight is 853 g/mol. The van der Waals surface area contributed by atoms with Gasteiger partial charge in [0, 0.05) is 0 Å². The maximum Gasteiger partial charge on any atom is 1.00 e. The maximum absolute atomic E-state index is 11.4. The van der Waals surface area contributed by atoms with Crippen molar-refractivity contribution in [1.82, 2.24) is 0 Å². The molecule has 0 spiro atoms. The largest absolute Gasteiger partial charge is 1.00 e. The van der Waals surface area contributed by atoms with Crippen molar-refractivity contribution in [2.75, 3.05) is 0 Å². The van der Waals surface area contributed by atoms with Crippen molar-refractivity contribution in [2.45, 2.75) is 314 Å². The van der Waals surface area contributed by atoms with Gasteiger partial charge in [0.2, 0.25) is 0 Å². The SMILES string of the molecule is CCCCCCCCCCCCCCCCCCCCCCCCCCCCCCCCCCCCCCCCCCCCCCCCc1ccccc1S(=O)(=O)[O-].[Na+]. The quantitative estimate of drug-likeness (QED) is 0.0373. The third-order valence-corrected chi connectivity index (χ3v) is 14.0. The van der Waals surface area contributed by atoms with Gasteiger partial charge in [-0.15, -0.1) is 0 Å². The summed E-state index contributed by atoms with van der Waals surface area (Å²) < 4.78 is 34.2. The van der Waals surface area contributed by atoms with E-state index in [1.807, 2.05) is 6.07 Å². The Bertz CT molecular complexity index is 1060. The van der Waals surface area contributed by atoms with Gasteiger partial charge in [0.05, 0.1) is 4.90 Å². The molecule has 0 N–H and O–H groups in total. The van der Waals surface area contributed by atoms with Crippen molar-refractivity contribution in [2.24, 2.45) is 0 Å². The van der Waals surface area contributed by atoms with Crippen LogP contribution in [0.25, 0.3) is 0 Å². The van der Waals surface area contributed by atoms with E-state index >= 15 is 0 Å². The molecule has 5 heteroatoms. The first-order chi connectivity index (χ1) is 28.6. The Kier molecular flexibility index (Phi) is 47.7. The zero-order chi connectivity index (χ0) is 41.7. The normalized spacial score (nSPS) is 11.7. The Morgan fingerprint density at radius 3 is 0.712 bits per heavy atom. The molecule has 0 aromatic heterocycles. The molecule has 0 aliphatic heterocycles. The van der Waals surface area contributed by atoms with Crippen LogP contribution in [0.1, 0.15) is 308 Å². The van der Waals surface area contributed by atoms with Gasteiger partial charge in [-0.3, -0.25) is 0 Å².